The van der Waals surface area contributed by atoms with Crippen LogP contribution in [0.5, 0.6) is 0 Å². The molecule has 2 aromatic heterocycles. The Hall–Kier alpha value is -1.88. The normalized spacial score (nSPS) is 25.7. The van der Waals surface area contributed by atoms with Crippen molar-refractivity contribution in [2.45, 2.75) is 64.5 Å². The summed E-state index contributed by atoms with van der Waals surface area (Å²) in [6.45, 7) is 7.11. The molecule has 2 aliphatic rings. The van der Waals surface area contributed by atoms with Gasteiger partial charge >= 0.3 is 0 Å². The zero-order valence-corrected chi connectivity index (χ0v) is 16.6. The van der Waals surface area contributed by atoms with Crippen molar-refractivity contribution < 1.29 is 5.21 Å². The Morgan fingerprint density at radius 1 is 1.11 bits per heavy atom. The van der Waals surface area contributed by atoms with E-state index in [1.165, 1.54) is 57.8 Å². The second-order valence-electron chi connectivity index (χ2n) is 8.69. The zero-order valence-electron chi connectivity index (χ0n) is 16.6. The van der Waals surface area contributed by atoms with E-state index in [1.807, 2.05) is 12.3 Å². The average molecular weight is 369 g/mol. The molecule has 2 fully saturated rings. The maximum absolute atomic E-state index is 8.96. The van der Waals surface area contributed by atoms with Gasteiger partial charge in [-0.15, -0.1) is 0 Å². The Kier molecular flexibility index (Phi) is 5.48. The summed E-state index contributed by atoms with van der Waals surface area (Å²) in [5, 5.41) is 13.3. The van der Waals surface area contributed by atoms with E-state index >= 15 is 0 Å². The van der Waals surface area contributed by atoms with Crippen LogP contribution >= 0.6 is 0 Å². The van der Waals surface area contributed by atoms with E-state index in [0.717, 1.165) is 34.5 Å². The number of hydrogen-bond donors (Lipinski definition) is 1. The molecule has 0 bridgehead atoms. The van der Waals surface area contributed by atoms with E-state index in [1.54, 1.807) is 0 Å². The lowest BCUT2D eigenvalue weighted by molar-refractivity contribution is 0.0893. The van der Waals surface area contributed by atoms with Gasteiger partial charge in [0.05, 0.1) is 6.21 Å². The zero-order chi connectivity index (χ0) is 18.8. The van der Waals surface area contributed by atoms with Crippen LogP contribution < -0.4 is 0 Å². The number of likely N-dealkylation sites (tertiary alicyclic amines) is 1. The highest BCUT2D eigenvalue weighted by atomic mass is 16.4. The van der Waals surface area contributed by atoms with Crippen molar-refractivity contribution in [3.63, 3.8) is 0 Å². The highest BCUT2D eigenvalue weighted by Gasteiger charge is 2.30. The first kappa shape index (κ1) is 18.5. The van der Waals surface area contributed by atoms with Crippen LogP contribution in [0.15, 0.2) is 29.7 Å². The summed E-state index contributed by atoms with van der Waals surface area (Å²) in [5.41, 5.74) is 1.94. The quantitative estimate of drug-likeness (QED) is 0.484. The minimum absolute atomic E-state index is 0.478. The first-order valence-corrected chi connectivity index (χ1v) is 10.5. The van der Waals surface area contributed by atoms with Crippen LogP contribution in [0.4, 0.5) is 0 Å². The van der Waals surface area contributed by atoms with Crippen molar-refractivity contribution in [3.8, 4) is 0 Å². The summed E-state index contributed by atoms with van der Waals surface area (Å²) in [4.78, 5) is 7.34. The fraction of sp³-hybridized carbons (Fsp3) is 0.636. The molecule has 0 radical (unpaired) electrons. The van der Waals surface area contributed by atoms with Crippen molar-refractivity contribution in [1.82, 2.24) is 14.5 Å². The molecule has 1 saturated carbocycles. The van der Waals surface area contributed by atoms with E-state index in [-0.39, 0.29) is 0 Å². The van der Waals surface area contributed by atoms with E-state index < -0.39 is 0 Å². The summed E-state index contributed by atoms with van der Waals surface area (Å²) in [7, 11) is 0. The topological polar surface area (TPSA) is 53.7 Å². The number of fused-ring (bicyclic) bond motifs is 1. The Balaban J connectivity index is 1.42. The highest BCUT2D eigenvalue weighted by Crippen LogP contribution is 2.35. The van der Waals surface area contributed by atoms with E-state index in [9.17, 15) is 0 Å². The Labute approximate surface area is 162 Å². The monoisotopic (exact) mass is 368 g/mol. The number of hydrogen-bond acceptors (Lipinski definition) is 4. The van der Waals surface area contributed by atoms with Gasteiger partial charge in [-0.2, -0.15) is 0 Å². The molecule has 2 aromatic rings. The molecule has 0 atom stereocenters. The molecule has 1 aliphatic heterocycles. The number of piperidine rings is 1. The second kappa shape index (κ2) is 8.01. The number of aromatic nitrogens is 2. The third-order valence-corrected chi connectivity index (χ3v) is 6.91. The summed E-state index contributed by atoms with van der Waals surface area (Å²) >= 11 is 0. The van der Waals surface area contributed by atoms with Gasteiger partial charge in [0, 0.05) is 48.5 Å². The maximum Gasteiger partial charge on any atom is 0.140 e. The molecule has 5 heteroatoms. The van der Waals surface area contributed by atoms with Gasteiger partial charge in [-0.05, 0) is 62.5 Å². The maximum atomic E-state index is 8.96. The van der Waals surface area contributed by atoms with Gasteiger partial charge in [0.2, 0.25) is 0 Å². The second-order valence-corrected chi connectivity index (χ2v) is 8.69. The lowest BCUT2D eigenvalue weighted by Crippen LogP contribution is -2.43. The lowest BCUT2D eigenvalue weighted by atomic mass is 9.79. The first-order valence-electron chi connectivity index (χ1n) is 10.5. The molecule has 0 spiro atoms. The Morgan fingerprint density at radius 3 is 2.52 bits per heavy atom. The fourth-order valence-corrected chi connectivity index (χ4v) is 5.21. The van der Waals surface area contributed by atoms with Gasteiger partial charge in [0.15, 0.2) is 0 Å². The van der Waals surface area contributed by atoms with Crippen LogP contribution in [0.3, 0.4) is 0 Å². The van der Waals surface area contributed by atoms with E-state index in [0.29, 0.717) is 6.04 Å². The molecule has 1 N–H and O–H groups in total. The number of rotatable bonds is 4. The van der Waals surface area contributed by atoms with Gasteiger partial charge in [-0.3, -0.25) is 0 Å². The molecular weight excluding hydrogens is 336 g/mol. The lowest BCUT2D eigenvalue weighted by Gasteiger charge is -2.41. The summed E-state index contributed by atoms with van der Waals surface area (Å²) in [6, 6.07) is 5.26. The third-order valence-electron chi connectivity index (χ3n) is 6.91. The molecular formula is C22H32N4O. The SMILES string of the molecule is CC(C)[C@H]1CC[C@@H](N2CCC(n3cc(C=NO)c4cccnc43)CC2)CC1. The van der Waals surface area contributed by atoms with Crippen molar-refractivity contribution in [2.24, 2.45) is 17.0 Å². The Bertz CT molecular complexity index is 781. The average Bonchev–Trinajstić information content (AvgIpc) is 3.07. The molecule has 4 rings (SSSR count). The Morgan fingerprint density at radius 2 is 1.85 bits per heavy atom. The predicted octanol–water partition coefficient (Wildman–Crippen LogP) is 4.70. The van der Waals surface area contributed by atoms with Crippen LogP contribution in [-0.4, -0.2) is 45.0 Å². The highest BCUT2D eigenvalue weighted by molar-refractivity contribution is 5.97. The standard InChI is InChI=1S/C22H32N4O/c1-16(2)17-5-7-19(8-6-17)25-12-9-20(10-13-25)26-15-18(14-24-27)21-4-3-11-23-22(21)26/h3-4,11,14-17,19-20,27H,5-10,12-13H2,1-2H3/t17-,19+. The molecule has 1 aliphatic carbocycles. The molecule has 0 aromatic carbocycles. The summed E-state index contributed by atoms with van der Waals surface area (Å²) in [6.07, 6.45) is 13.4. The molecule has 146 valence electrons. The largest absolute Gasteiger partial charge is 0.411 e. The first-order chi connectivity index (χ1) is 13.2. The van der Waals surface area contributed by atoms with Gasteiger partial charge in [-0.25, -0.2) is 4.98 Å². The fourth-order valence-electron chi connectivity index (χ4n) is 5.21. The third kappa shape index (κ3) is 3.75. The number of pyridine rings is 1. The van der Waals surface area contributed by atoms with E-state index in [2.05, 4.69) is 45.7 Å². The molecule has 0 unspecified atom stereocenters. The number of nitrogens with zero attached hydrogens (tertiary/aromatic N) is 4. The van der Waals surface area contributed by atoms with Crippen LogP contribution in [0.2, 0.25) is 0 Å². The molecule has 0 amide bonds. The minimum atomic E-state index is 0.478. The molecule has 5 nitrogen and oxygen atoms in total. The van der Waals surface area contributed by atoms with Crippen LogP contribution in [0.25, 0.3) is 11.0 Å². The molecule has 1 saturated heterocycles. The molecule has 27 heavy (non-hydrogen) atoms. The number of oxime groups is 1. The van der Waals surface area contributed by atoms with Crippen molar-refractivity contribution in [1.29, 1.82) is 0 Å². The van der Waals surface area contributed by atoms with Crippen LogP contribution in [0.1, 0.15) is 64.0 Å². The van der Waals surface area contributed by atoms with E-state index in [4.69, 9.17) is 5.21 Å². The summed E-state index contributed by atoms with van der Waals surface area (Å²) in [5.74, 6) is 1.77. The van der Waals surface area contributed by atoms with Crippen LogP contribution in [0, 0.1) is 11.8 Å². The van der Waals surface area contributed by atoms with Gasteiger partial charge < -0.3 is 14.7 Å². The van der Waals surface area contributed by atoms with Gasteiger partial charge in [-0.1, -0.05) is 19.0 Å². The smallest absolute Gasteiger partial charge is 0.140 e. The van der Waals surface area contributed by atoms with Crippen molar-refractivity contribution >= 4 is 17.2 Å². The minimum Gasteiger partial charge on any atom is -0.411 e. The van der Waals surface area contributed by atoms with Gasteiger partial charge in [0.1, 0.15) is 5.65 Å². The van der Waals surface area contributed by atoms with Crippen LogP contribution in [-0.2, 0) is 0 Å². The predicted molar refractivity (Wildman–Crippen MR) is 110 cm³/mol. The summed E-state index contributed by atoms with van der Waals surface area (Å²) < 4.78 is 2.30. The van der Waals surface area contributed by atoms with Crippen molar-refractivity contribution in [3.05, 3.63) is 30.1 Å². The van der Waals surface area contributed by atoms with Gasteiger partial charge in [0.25, 0.3) is 0 Å². The van der Waals surface area contributed by atoms with Crippen molar-refractivity contribution in [2.75, 3.05) is 13.1 Å². The molecule has 3 heterocycles.